The van der Waals surface area contributed by atoms with Crippen molar-refractivity contribution in [3.05, 3.63) is 76.5 Å². The lowest BCUT2D eigenvalue weighted by Gasteiger charge is -2.05. The molecule has 3 aromatic rings. The maximum atomic E-state index is 4.40. The third-order valence-corrected chi connectivity index (χ3v) is 3.72. The van der Waals surface area contributed by atoms with E-state index in [1.54, 1.807) is 0 Å². The van der Waals surface area contributed by atoms with Crippen molar-refractivity contribution in [2.24, 2.45) is 0 Å². The van der Waals surface area contributed by atoms with Gasteiger partial charge >= 0.3 is 0 Å². The van der Waals surface area contributed by atoms with E-state index in [0.717, 1.165) is 11.3 Å². The highest BCUT2D eigenvalue weighted by Crippen LogP contribution is 2.25. The van der Waals surface area contributed by atoms with E-state index in [9.17, 15) is 0 Å². The number of halogens is 1. The smallest absolute Gasteiger partial charge is 0.0702 e. The molecule has 1 nitrogen and oxygen atoms in total. The van der Waals surface area contributed by atoms with Gasteiger partial charge in [-0.15, -0.1) is 0 Å². The Morgan fingerprint density at radius 2 is 1.47 bits per heavy atom. The summed E-state index contributed by atoms with van der Waals surface area (Å²) in [5.74, 6) is 0. The van der Waals surface area contributed by atoms with Crippen molar-refractivity contribution in [3.8, 4) is 22.4 Å². The van der Waals surface area contributed by atoms with Crippen molar-refractivity contribution in [1.29, 1.82) is 0 Å². The number of hydrogen-bond acceptors (Lipinski definition) is 1. The molecule has 2 aromatic carbocycles. The molecule has 19 heavy (non-hydrogen) atoms. The normalized spacial score (nSPS) is 10.4. The van der Waals surface area contributed by atoms with Crippen LogP contribution < -0.4 is 0 Å². The molecule has 0 saturated heterocycles. The second kappa shape index (κ2) is 5.53. The van der Waals surface area contributed by atoms with Crippen molar-refractivity contribution in [3.63, 3.8) is 0 Å². The SMILES string of the molecule is Ic1ccc(-c2cccc(-c3ccccn3)c2)cc1. The molecule has 0 N–H and O–H groups in total. The summed E-state index contributed by atoms with van der Waals surface area (Å²) in [6, 6.07) is 23.0. The number of pyridine rings is 1. The lowest BCUT2D eigenvalue weighted by Crippen LogP contribution is -1.84. The summed E-state index contributed by atoms with van der Waals surface area (Å²) < 4.78 is 1.25. The van der Waals surface area contributed by atoms with Gasteiger partial charge in [0.1, 0.15) is 0 Å². The Morgan fingerprint density at radius 3 is 2.21 bits per heavy atom. The maximum absolute atomic E-state index is 4.40. The molecule has 0 spiro atoms. The van der Waals surface area contributed by atoms with Crippen LogP contribution in [0.15, 0.2) is 72.9 Å². The number of rotatable bonds is 2. The molecule has 0 aliphatic heterocycles. The zero-order valence-corrected chi connectivity index (χ0v) is 12.4. The molecule has 0 unspecified atom stereocenters. The predicted octanol–water partition coefficient (Wildman–Crippen LogP) is 5.02. The first-order valence-electron chi connectivity index (χ1n) is 6.10. The first-order chi connectivity index (χ1) is 9.33. The fraction of sp³-hybridized carbons (Fsp3) is 0. The Labute approximate surface area is 126 Å². The van der Waals surface area contributed by atoms with Gasteiger partial charge < -0.3 is 0 Å². The Bertz CT molecular complexity index is 675. The highest BCUT2D eigenvalue weighted by molar-refractivity contribution is 14.1. The van der Waals surface area contributed by atoms with Crippen LogP contribution in [0.25, 0.3) is 22.4 Å². The Kier molecular flexibility index (Phi) is 3.60. The van der Waals surface area contributed by atoms with Crippen molar-refractivity contribution in [2.75, 3.05) is 0 Å². The topological polar surface area (TPSA) is 12.9 Å². The van der Waals surface area contributed by atoms with Gasteiger partial charge in [-0.1, -0.05) is 36.4 Å². The Balaban J connectivity index is 2.03. The summed E-state index contributed by atoms with van der Waals surface area (Å²) in [6.45, 7) is 0. The van der Waals surface area contributed by atoms with Gasteiger partial charge in [0.25, 0.3) is 0 Å². The fourth-order valence-electron chi connectivity index (χ4n) is 2.03. The molecule has 0 aliphatic carbocycles. The van der Waals surface area contributed by atoms with Crippen molar-refractivity contribution >= 4 is 22.6 Å². The summed E-state index contributed by atoms with van der Waals surface area (Å²) in [5, 5.41) is 0. The monoisotopic (exact) mass is 357 g/mol. The van der Waals surface area contributed by atoms with Crippen LogP contribution in [-0.2, 0) is 0 Å². The second-order valence-corrected chi connectivity index (χ2v) is 5.55. The van der Waals surface area contributed by atoms with Crippen LogP contribution >= 0.6 is 22.6 Å². The molecule has 0 aliphatic rings. The van der Waals surface area contributed by atoms with Crippen molar-refractivity contribution in [2.45, 2.75) is 0 Å². The van der Waals surface area contributed by atoms with Crippen LogP contribution in [0.1, 0.15) is 0 Å². The third kappa shape index (κ3) is 2.84. The average molecular weight is 357 g/mol. The van der Waals surface area contributed by atoms with Gasteiger partial charge in [-0.05, 0) is 64.0 Å². The molecule has 0 saturated carbocycles. The van der Waals surface area contributed by atoms with Crippen LogP contribution in [0.2, 0.25) is 0 Å². The van der Waals surface area contributed by atoms with Crippen LogP contribution in [0.3, 0.4) is 0 Å². The van der Waals surface area contributed by atoms with Gasteiger partial charge in [-0.25, -0.2) is 0 Å². The summed E-state index contributed by atoms with van der Waals surface area (Å²) in [6.07, 6.45) is 1.83. The highest BCUT2D eigenvalue weighted by Gasteiger charge is 2.02. The minimum Gasteiger partial charge on any atom is -0.256 e. The number of benzene rings is 2. The lowest BCUT2D eigenvalue weighted by atomic mass is 10.0. The molecule has 1 aromatic heterocycles. The first-order valence-corrected chi connectivity index (χ1v) is 7.18. The van der Waals surface area contributed by atoms with Crippen LogP contribution in [0.4, 0.5) is 0 Å². The number of hydrogen-bond donors (Lipinski definition) is 0. The van der Waals surface area contributed by atoms with Gasteiger partial charge in [0, 0.05) is 15.3 Å². The Morgan fingerprint density at radius 1 is 0.684 bits per heavy atom. The van der Waals surface area contributed by atoms with Crippen LogP contribution in [0, 0.1) is 3.57 Å². The Hall–Kier alpha value is -1.68. The quantitative estimate of drug-likeness (QED) is 0.587. The lowest BCUT2D eigenvalue weighted by molar-refractivity contribution is 1.33. The fourth-order valence-corrected chi connectivity index (χ4v) is 2.39. The van der Waals surface area contributed by atoms with Crippen LogP contribution in [-0.4, -0.2) is 4.98 Å². The van der Waals surface area contributed by atoms with E-state index < -0.39 is 0 Å². The van der Waals surface area contributed by atoms with Crippen molar-refractivity contribution in [1.82, 2.24) is 4.98 Å². The van der Waals surface area contributed by atoms with Crippen molar-refractivity contribution < 1.29 is 0 Å². The summed E-state index contributed by atoms with van der Waals surface area (Å²) in [7, 11) is 0. The molecule has 92 valence electrons. The average Bonchev–Trinajstić information content (AvgIpc) is 2.49. The predicted molar refractivity (Wildman–Crippen MR) is 87.8 cm³/mol. The number of nitrogens with zero attached hydrogens (tertiary/aromatic N) is 1. The summed E-state index contributed by atoms with van der Waals surface area (Å²) >= 11 is 2.32. The minimum absolute atomic E-state index is 1.01. The molecular formula is C17H12IN. The van der Waals surface area contributed by atoms with Gasteiger partial charge in [0.2, 0.25) is 0 Å². The molecule has 0 fully saturated rings. The van der Waals surface area contributed by atoms with Gasteiger partial charge in [-0.2, -0.15) is 0 Å². The van der Waals surface area contributed by atoms with E-state index in [-0.39, 0.29) is 0 Å². The van der Waals surface area contributed by atoms with E-state index in [0.29, 0.717) is 0 Å². The summed E-state index contributed by atoms with van der Waals surface area (Å²) in [4.78, 5) is 4.40. The maximum Gasteiger partial charge on any atom is 0.0702 e. The summed E-state index contributed by atoms with van der Waals surface area (Å²) in [5.41, 5.74) is 4.62. The molecular weight excluding hydrogens is 345 g/mol. The van der Waals surface area contributed by atoms with Gasteiger partial charge in [0.05, 0.1) is 5.69 Å². The first kappa shape index (κ1) is 12.4. The minimum atomic E-state index is 1.01. The molecule has 0 radical (unpaired) electrons. The standard InChI is InChI=1S/C17H12IN/c18-16-9-7-13(8-10-16)14-4-3-5-15(12-14)17-6-1-2-11-19-17/h1-12H. The zero-order chi connectivity index (χ0) is 13.1. The van der Waals surface area contributed by atoms with E-state index in [2.05, 4.69) is 76.1 Å². The van der Waals surface area contributed by atoms with E-state index in [1.807, 2.05) is 24.4 Å². The van der Waals surface area contributed by atoms with E-state index in [1.165, 1.54) is 14.7 Å². The second-order valence-electron chi connectivity index (χ2n) is 4.30. The van der Waals surface area contributed by atoms with Gasteiger partial charge in [0.15, 0.2) is 0 Å². The molecule has 0 bridgehead atoms. The van der Waals surface area contributed by atoms with Gasteiger partial charge in [-0.3, -0.25) is 4.98 Å². The largest absolute Gasteiger partial charge is 0.256 e. The van der Waals surface area contributed by atoms with E-state index in [4.69, 9.17) is 0 Å². The zero-order valence-electron chi connectivity index (χ0n) is 10.3. The molecule has 1 heterocycles. The molecule has 3 rings (SSSR count). The van der Waals surface area contributed by atoms with Crippen LogP contribution in [0.5, 0.6) is 0 Å². The van der Waals surface area contributed by atoms with E-state index >= 15 is 0 Å². The number of aromatic nitrogens is 1. The molecule has 0 atom stereocenters. The third-order valence-electron chi connectivity index (χ3n) is 3.00. The molecule has 2 heteroatoms. The molecule has 0 amide bonds. The highest BCUT2D eigenvalue weighted by atomic mass is 127.